The second kappa shape index (κ2) is 8.49. The molecule has 0 bridgehead atoms. The average molecular weight is 343 g/mol. The first kappa shape index (κ1) is 18.0. The van der Waals surface area contributed by atoms with Gasteiger partial charge < -0.3 is 15.1 Å². The fourth-order valence-corrected chi connectivity index (χ4v) is 3.38. The summed E-state index contributed by atoms with van der Waals surface area (Å²) >= 11 is 0.479. The molecule has 1 aliphatic heterocycles. The summed E-state index contributed by atoms with van der Waals surface area (Å²) in [5.41, 5.74) is 0.551. The minimum Gasteiger partial charge on any atom is -0.320 e. The van der Waals surface area contributed by atoms with Crippen LogP contribution in [0.3, 0.4) is 0 Å². The molecule has 128 valence electrons. The number of amides is 2. The van der Waals surface area contributed by atoms with Crippen molar-refractivity contribution in [2.75, 3.05) is 32.5 Å². The molecule has 0 aromatic heterocycles. The van der Waals surface area contributed by atoms with Crippen molar-refractivity contribution in [3.8, 4) is 0 Å². The number of likely N-dealkylation sites (N-methyl/N-ethyl adjacent to an activating group) is 1. The third kappa shape index (κ3) is 5.66. The highest BCUT2D eigenvalue weighted by Crippen LogP contribution is 2.27. The van der Waals surface area contributed by atoms with Gasteiger partial charge in [-0.3, -0.25) is 0 Å². The van der Waals surface area contributed by atoms with Crippen molar-refractivity contribution in [3.05, 3.63) is 24.3 Å². The second-order valence-corrected chi connectivity index (χ2v) is 7.01. The fourth-order valence-electron chi connectivity index (χ4n) is 2.82. The third-order valence-corrected chi connectivity index (χ3v) is 4.48. The van der Waals surface area contributed by atoms with E-state index in [1.54, 1.807) is 24.3 Å². The number of likely N-dealkylation sites (tertiary alicyclic amines) is 1. The van der Waals surface area contributed by atoms with Crippen LogP contribution < -0.4 is 5.32 Å². The van der Waals surface area contributed by atoms with E-state index in [2.05, 4.69) is 10.2 Å². The number of nitrogens with one attached hydrogen (secondary N) is 1. The third-order valence-electron chi connectivity index (χ3n) is 3.77. The monoisotopic (exact) mass is 343 g/mol. The highest BCUT2D eigenvalue weighted by atomic mass is 32.2. The quantitative estimate of drug-likeness (QED) is 0.822. The summed E-state index contributed by atoms with van der Waals surface area (Å²) in [6.07, 6.45) is 3.12. The number of benzene rings is 1. The summed E-state index contributed by atoms with van der Waals surface area (Å²) in [5.74, 6) is -2.47. The number of anilines is 1. The van der Waals surface area contributed by atoms with Crippen LogP contribution in [-0.2, 0) is 0 Å². The van der Waals surface area contributed by atoms with Crippen molar-refractivity contribution < 1.29 is 13.6 Å². The molecule has 1 fully saturated rings. The molecule has 2 rings (SSSR count). The molecule has 1 aromatic rings. The van der Waals surface area contributed by atoms with Crippen molar-refractivity contribution in [2.24, 2.45) is 0 Å². The Morgan fingerprint density at radius 1 is 1.43 bits per heavy atom. The standard InChI is InChI=1S/C16H23F2N3OS/c1-20(2)11-13-7-3-4-9-21(13)16(22)19-12-6-5-8-14(10-12)23-15(17)18/h5-6,8,10,13,15H,3-4,7,9,11H2,1-2H3,(H,19,22)/t13-/m0/s1. The zero-order valence-corrected chi connectivity index (χ0v) is 14.3. The van der Waals surface area contributed by atoms with Crippen LogP contribution in [0, 0.1) is 0 Å². The van der Waals surface area contributed by atoms with Gasteiger partial charge in [-0.1, -0.05) is 17.8 Å². The number of carbonyl (C=O) groups excluding carboxylic acids is 1. The van der Waals surface area contributed by atoms with Gasteiger partial charge in [0.05, 0.1) is 0 Å². The molecule has 0 spiro atoms. The first-order valence-corrected chi connectivity index (χ1v) is 8.61. The van der Waals surface area contributed by atoms with Crippen molar-refractivity contribution in [1.82, 2.24) is 9.80 Å². The van der Waals surface area contributed by atoms with Gasteiger partial charge in [0.15, 0.2) is 0 Å². The summed E-state index contributed by atoms with van der Waals surface area (Å²) in [6, 6.07) is 6.63. The minimum absolute atomic E-state index is 0.157. The Hall–Kier alpha value is -1.34. The van der Waals surface area contributed by atoms with E-state index in [0.29, 0.717) is 22.3 Å². The van der Waals surface area contributed by atoms with Gasteiger partial charge in [-0.25, -0.2) is 4.79 Å². The molecule has 0 radical (unpaired) electrons. The predicted octanol–water partition coefficient (Wildman–Crippen LogP) is 3.95. The Morgan fingerprint density at radius 2 is 2.22 bits per heavy atom. The average Bonchev–Trinajstić information content (AvgIpc) is 2.46. The van der Waals surface area contributed by atoms with Crippen molar-refractivity contribution >= 4 is 23.5 Å². The number of thioether (sulfide) groups is 1. The number of urea groups is 1. The van der Waals surface area contributed by atoms with Gasteiger partial charge in [0.2, 0.25) is 0 Å². The van der Waals surface area contributed by atoms with E-state index >= 15 is 0 Å². The van der Waals surface area contributed by atoms with Crippen LogP contribution in [0.4, 0.5) is 19.3 Å². The Kier molecular flexibility index (Phi) is 6.65. The first-order chi connectivity index (χ1) is 11.0. The van der Waals surface area contributed by atoms with Crippen LogP contribution in [0.2, 0.25) is 0 Å². The SMILES string of the molecule is CN(C)C[C@@H]1CCCCN1C(=O)Nc1cccc(SC(F)F)c1. The number of piperidine rings is 1. The van der Waals surface area contributed by atoms with Crippen molar-refractivity contribution in [1.29, 1.82) is 0 Å². The molecule has 1 aliphatic rings. The van der Waals surface area contributed by atoms with E-state index in [4.69, 9.17) is 0 Å². The molecule has 2 amide bonds. The summed E-state index contributed by atoms with van der Waals surface area (Å²) in [7, 11) is 3.99. The lowest BCUT2D eigenvalue weighted by atomic mass is 10.0. The fraction of sp³-hybridized carbons (Fsp3) is 0.562. The maximum Gasteiger partial charge on any atom is 0.322 e. The summed E-state index contributed by atoms with van der Waals surface area (Å²) < 4.78 is 24.9. The smallest absolute Gasteiger partial charge is 0.320 e. The van der Waals surface area contributed by atoms with E-state index in [9.17, 15) is 13.6 Å². The minimum atomic E-state index is -2.47. The number of hydrogen-bond donors (Lipinski definition) is 1. The number of hydrogen-bond acceptors (Lipinski definition) is 3. The number of carbonyl (C=O) groups is 1. The number of alkyl halides is 2. The normalized spacial score (nSPS) is 18.5. The van der Waals surface area contributed by atoms with Gasteiger partial charge in [-0.05, 0) is 51.6 Å². The largest absolute Gasteiger partial charge is 0.322 e. The highest BCUT2D eigenvalue weighted by molar-refractivity contribution is 7.99. The molecule has 0 saturated carbocycles. The van der Waals surface area contributed by atoms with Crippen LogP contribution in [-0.4, -0.2) is 54.8 Å². The molecule has 0 unspecified atom stereocenters. The molecule has 0 aliphatic carbocycles. The Balaban J connectivity index is 2.02. The first-order valence-electron chi connectivity index (χ1n) is 7.73. The van der Waals surface area contributed by atoms with Gasteiger partial charge in [0.1, 0.15) is 0 Å². The van der Waals surface area contributed by atoms with Gasteiger partial charge in [0.25, 0.3) is 5.76 Å². The van der Waals surface area contributed by atoms with Gasteiger partial charge >= 0.3 is 6.03 Å². The molecule has 1 aromatic carbocycles. The van der Waals surface area contributed by atoms with Crippen LogP contribution in [0.25, 0.3) is 0 Å². The summed E-state index contributed by atoms with van der Waals surface area (Å²) in [4.78, 5) is 16.9. The summed E-state index contributed by atoms with van der Waals surface area (Å²) in [5, 5.41) is 2.84. The zero-order chi connectivity index (χ0) is 16.8. The lowest BCUT2D eigenvalue weighted by Crippen LogP contribution is -2.49. The van der Waals surface area contributed by atoms with Crippen LogP contribution in [0.5, 0.6) is 0 Å². The Morgan fingerprint density at radius 3 is 2.91 bits per heavy atom. The highest BCUT2D eigenvalue weighted by Gasteiger charge is 2.27. The van der Waals surface area contributed by atoms with Gasteiger partial charge in [-0.15, -0.1) is 0 Å². The van der Waals surface area contributed by atoms with Crippen LogP contribution >= 0.6 is 11.8 Å². The van der Waals surface area contributed by atoms with Crippen molar-refractivity contribution in [3.63, 3.8) is 0 Å². The number of halogens is 2. The van der Waals surface area contributed by atoms with E-state index in [0.717, 1.165) is 32.4 Å². The van der Waals surface area contributed by atoms with E-state index in [1.165, 1.54) is 0 Å². The molecule has 1 N–H and O–H groups in total. The number of nitrogens with zero attached hydrogens (tertiary/aromatic N) is 2. The van der Waals surface area contributed by atoms with Gasteiger partial charge in [0, 0.05) is 29.7 Å². The lowest BCUT2D eigenvalue weighted by Gasteiger charge is -2.37. The molecule has 1 saturated heterocycles. The maximum atomic E-state index is 12.5. The van der Waals surface area contributed by atoms with E-state index in [-0.39, 0.29) is 12.1 Å². The number of rotatable bonds is 5. The molecule has 7 heteroatoms. The lowest BCUT2D eigenvalue weighted by molar-refractivity contribution is 0.144. The van der Waals surface area contributed by atoms with Crippen LogP contribution in [0.15, 0.2) is 29.2 Å². The van der Waals surface area contributed by atoms with Crippen molar-refractivity contribution in [2.45, 2.75) is 36.0 Å². The Bertz CT molecular complexity index is 528. The zero-order valence-electron chi connectivity index (χ0n) is 13.5. The molecule has 1 atom stereocenters. The molecule has 1 heterocycles. The molecular weight excluding hydrogens is 320 g/mol. The molecule has 4 nitrogen and oxygen atoms in total. The summed E-state index contributed by atoms with van der Waals surface area (Å²) in [6.45, 7) is 1.56. The van der Waals surface area contributed by atoms with E-state index < -0.39 is 5.76 Å². The van der Waals surface area contributed by atoms with Crippen LogP contribution in [0.1, 0.15) is 19.3 Å². The molecular formula is C16H23F2N3OS. The predicted molar refractivity (Wildman–Crippen MR) is 90.2 cm³/mol. The Labute approximate surface area is 140 Å². The van der Waals surface area contributed by atoms with E-state index in [1.807, 2.05) is 19.0 Å². The maximum absolute atomic E-state index is 12.5. The topological polar surface area (TPSA) is 35.6 Å². The van der Waals surface area contributed by atoms with Gasteiger partial charge in [-0.2, -0.15) is 8.78 Å². The molecule has 23 heavy (non-hydrogen) atoms. The second-order valence-electron chi connectivity index (χ2n) is 5.94.